The number of benzene rings is 2. The molecule has 0 heterocycles. The third kappa shape index (κ3) is 6.04. The summed E-state index contributed by atoms with van der Waals surface area (Å²) in [6, 6.07) is 12.9. The van der Waals surface area contributed by atoms with Gasteiger partial charge in [-0.25, -0.2) is 4.39 Å². The SMILES string of the molecule is COc1ccc(OCCN[C@@H](C)C(=O)N[C@H](C)c2ccc(F)cc2)cc1. The lowest BCUT2D eigenvalue weighted by Crippen LogP contribution is -2.44. The van der Waals surface area contributed by atoms with Gasteiger partial charge in [0.1, 0.15) is 23.9 Å². The Morgan fingerprint density at radius 1 is 1.04 bits per heavy atom. The van der Waals surface area contributed by atoms with Crippen LogP contribution in [0.15, 0.2) is 48.5 Å². The van der Waals surface area contributed by atoms with Gasteiger partial charge >= 0.3 is 0 Å². The number of nitrogens with one attached hydrogen (secondary N) is 2. The Labute approximate surface area is 153 Å². The lowest BCUT2D eigenvalue weighted by Gasteiger charge is -2.19. The number of methoxy groups -OCH3 is 1. The zero-order valence-corrected chi connectivity index (χ0v) is 15.3. The van der Waals surface area contributed by atoms with Crippen LogP contribution in [0.1, 0.15) is 25.5 Å². The Kier molecular flexibility index (Phi) is 7.41. The van der Waals surface area contributed by atoms with Crippen LogP contribution in [0.2, 0.25) is 0 Å². The highest BCUT2D eigenvalue weighted by molar-refractivity contribution is 5.81. The third-order valence-electron chi connectivity index (χ3n) is 4.00. The van der Waals surface area contributed by atoms with E-state index in [9.17, 15) is 9.18 Å². The summed E-state index contributed by atoms with van der Waals surface area (Å²) in [7, 11) is 1.61. The van der Waals surface area contributed by atoms with Crippen molar-refractivity contribution in [2.24, 2.45) is 0 Å². The average molecular weight is 360 g/mol. The standard InChI is InChI=1S/C20H25FN2O3/c1-14(16-4-6-17(21)7-5-16)23-20(24)15(2)22-12-13-26-19-10-8-18(25-3)9-11-19/h4-11,14-15,22H,12-13H2,1-3H3,(H,23,24)/t14-,15+/m1/s1. The highest BCUT2D eigenvalue weighted by Gasteiger charge is 2.15. The number of ether oxygens (including phenoxy) is 2. The van der Waals surface area contributed by atoms with Gasteiger partial charge in [-0.05, 0) is 55.8 Å². The van der Waals surface area contributed by atoms with Crippen molar-refractivity contribution in [2.75, 3.05) is 20.3 Å². The second-order valence-electron chi connectivity index (χ2n) is 5.98. The van der Waals surface area contributed by atoms with Gasteiger partial charge < -0.3 is 20.1 Å². The second-order valence-corrected chi connectivity index (χ2v) is 5.98. The van der Waals surface area contributed by atoms with Crippen molar-refractivity contribution in [1.82, 2.24) is 10.6 Å². The molecule has 1 amide bonds. The Hall–Kier alpha value is -2.60. The maximum absolute atomic E-state index is 13.0. The number of carbonyl (C=O) groups is 1. The van der Waals surface area contributed by atoms with Crippen LogP contribution in [0, 0.1) is 5.82 Å². The first-order chi connectivity index (χ1) is 12.5. The van der Waals surface area contributed by atoms with Crippen LogP contribution in [0.5, 0.6) is 11.5 Å². The number of hydrogen-bond acceptors (Lipinski definition) is 4. The van der Waals surface area contributed by atoms with E-state index in [2.05, 4.69) is 10.6 Å². The molecule has 2 atom stereocenters. The molecule has 0 radical (unpaired) electrons. The van der Waals surface area contributed by atoms with Gasteiger partial charge in [0.05, 0.1) is 19.2 Å². The quantitative estimate of drug-likeness (QED) is 0.675. The van der Waals surface area contributed by atoms with Crippen molar-refractivity contribution in [1.29, 1.82) is 0 Å². The van der Waals surface area contributed by atoms with E-state index in [0.717, 1.165) is 17.1 Å². The molecule has 0 bridgehead atoms. The van der Waals surface area contributed by atoms with E-state index < -0.39 is 0 Å². The van der Waals surface area contributed by atoms with Crippen molar-refractivity contribution in [3.8, 4) is 11.5 Å². The molecule has 2 aromatic carbocycles. The van der Waals surface area contributed by atoms with Gasteiger partial charge in [0.25, 0.3) is 0 Å². The summed E-state index contributed by atoms with van der Waals surface area (Å²) in [5, 5.41) is 6.03. The topological polar surface area (TPSA) is 59.6 Å². The van der Waals surface area contributed by atoms with Crippen molar-refractivity contribution in [3.05, 3.63) is 59.9 Å². The van der Waals surface area contributed by atoms with E-state index in [1.807, 2.05) is 31.2 Å². The first-order valence-electron chi connectivity index (χ1n) is 8.55. The van der Waals surface area contributed by atoms with E-state index in [4.69, 9.17) is 9.47 Å². The number of rotatable bonds is 9. The largest absolute Gasteiger partial charge is 0.497 e. The van der Waals surface area contributed by atoms with Gasteiger partial charge in [0.2, 0.25) is 5.91 Å². The first kappa shape index (κ1) is 19.7. The molecule has 0 unspecified atom stereocenters. The summed E-state index contributed by atoms with van der Waals surface area (Å²) < 4.78 is 23.7. The molecule has 2 aromatic rings. The van der Waals surface area contributed by atoms with Gasteiger partial charge in [-0.3, -0.25) is 4.79 Å². The van der Waals surface area contributed by atoms with Crippen molar-refractivity contribution >= 4 is 5.91 Å². The zero-order valence-electron chi connectivity index (χ0n) is 15.3. The van der Waals surface area contributed by atoms with Crippen LogP contribution in [-0.2, 0) is 4.79 Å². The second kappa shape index (κ2) is 9.77. The number of halogens is 1. The van der Waals surface area contributed by atoms with Crippen LogP contribution in [0.25, 0.3) is 0 Å². The molecule has 0 aliphatic rings. The monoisotopic (exact) mass is 360 g/mol. The Balaban J connectivity index is 1.70. The molecule has 0 spiro atoms. The summed E-state index contributed by atoms with van der Waals surface area (Å²) in [5.74, 6) is 1.11. The molecule has 0 saturated carbocycles. The first-order valence-corrected chi connectivity index (χ1v) is 8.55. The van der Waals surface area contributed by atoms with E-state index in [-0.39, 0.29) is 23.8 Å². The molecule has 140 valence electrons. The summed E-state index contributed by atoms with van der Waals surface area (Å²) in [6.45, 7) is 4.63. The van der Waals surface area contributed by atoms with Crippen LogP contribution >= 0.6 is 0 Å². The van der Waals surface area contributed by atoms with Crippen molar-refractivity contribution < 1.29 is 18.7 Å². The minimum absolute atomic E-state index is 0.119. The minimum atomic E-state index is -0.364. The third-order valence-corrected chi connectivity index (χ3v) is 4.00. The Morgan fingerprint density at radius 3 is 2.27 bits per heavy atom. The van der Waals surface area contributed by atoms with Crippen LogP contribution in [0.3, 0.4) is 0 Å². The molecule has 2 rings (SSSR count). The summed E-state index contributed by atoms with van der Waals surface area (Å²) in [4.78, 5) is 12.2. The van der Waals surface area contributed by atoms with Crippen LogP contribution in [0.4, 0.5) is 4.39 Å². The van der Waals surface area contributed by atoms with E-state index in [1.165, 1.54) is 12.1 Å². The van der Waals surface area contributed by atoms with Gasteiger partial charge in [-0.1, -0.05) is 12.1 Å². The molecule has 0 fully saturated rings. The number of carbonyl (C=O) groups excluding carboxylic acids is 1. The zero-order chi connectivity index (χ0) is 18.9. The van der Waals surface area contributed by atoms with Crippen molar-refractivity contribution in [3.63, 3.8) is 0 Å². The molecular weight excluding hydrogens is 335 g/mol. The van der Waals surface area contributed by atoms with E-state index in [1.54, 1.807) is 26.2 Å². The van der Waals surface area contributed by atoms with Gasteiger partial charge in [-0.2, -0.15) is 0 Å². The number of amides is 1. The molecule has 2 N–H and O–H groups in total. The summed E-state index contributed by atoms with van der Waals surface area (Å²) >= 11 is 0. The van der Waals surface area contributed by atoms with Crippen LogP contribution < -0.4 is 20.1 Å². The lowest BCUT2D eigenvalue weighted by atomic mass is 10.1. The fourth-order valence-corrected chi connectivity index (χ4v) is 2.38. The molecular formula is C20H25FN2O3. The molecule has 6 heteroatoms. The maximum Gasteiger partial charge on any atom is 0.237 e. The number of hydrogen-bond donors (Lipinski definition) is 2. The fraction of sp³-hybridized carbons (Fsp3) is 0.350. The average Bonchev–Trinajstić information content (AvgIpc) is 2.66. The summed E-state index contributed by atoms with van der Waals surface area (Å²) in [6.07, 6.45) is 0. The molecule has 0 aliphatic heterocycles. The fourth-order valence-electron chi connectivity index (χ4n) is 2.38. The van der Waals surface area contributed by atoms with Gasteiger partial charge in [0.15, 0.2) is 0 Å². The summed E-state index contributed by atoms with van der Waals surface area (Å²) in [5.41, 5.74) is 0.856. The van der Waals surface area contributed by atoms with E-state index >= 15 is 0 Å². The van der Waals surface area contributed by atoms with Gasteiger partial charge in [-0.15, -0.1) is 0 Å². The molecule has 26 heavy (non-hydrogen) atoms. The molecule has 0 aliphatic carbocycles. The predicted octanol–water partition coefficient (Wildman–Crippen LogP) is 3.07. The van der Waals surface area contributed by atoms with E-state index in [0.29, 0.717) is 13.2 Å². The highest BCUT2D eigenvalue weighted by Crippen LogP contribution is 2.16. The predicted molar refractivity (Wildman–Crippen MR) is 98.9 cm³/mol. The lowest BCUT2D eigenvalue weighted by molar-refractivity contribution is -0.123. The Bertz CT molecular complexity index is 689. The van der Waals surface area contributed by atoms with Crippen molar-refractivity contribution in [2.45, 2.75) is 25.9 Å². The Morgan fingerprint density at radius 2 is 1.65 bits per heavy atom. The maximum atomic E-state index is 13.0. The minimum Gasteiger partial charge on any atom is -0.497 e. The molecule has 0 aromatic heterocycles. The molecule has 0 saturated heterocycles. The smallest absolute Gasteiger partial charge is 0.237 e. The normalized spacial score (nSPS) is 12.9. The highest BCUT2D eigenvalue weighted by atomic mass is 19.1. The molecule has 5 nitrogen and oxygen atoms in total. The van der Waals surface area contributed by atoms with Gasteiger partial charge in [0, 0.05) is 6.54 Å². The van der Waals surface area contributed by atoms with Crippen LogP contribution in [-0.4, -0.2) is 32.2 Å².